The number of carbonyl (C=O) groups excluding carboxylic acids is 1. The van der Waals surface area contributed by atoms with Crippen molar-refractivity contribution in [3.63, 3.8) is 0 Å². The second-order valence-corrected chi connectivity index (χ2v) is 7.41. The summed E-state index contributed by atoms with van der Waals surface area (Å²) in [5.74, 6) is 1.09. The van der Waals surface area contributed by atoms with Crippen LogP contribution in [0.5, 0.6) is 17.2 Å². The first-order valence-electron chi connectivity index (χ1n) is 9.19. The van der Waals surface area contributed by atoms with E-state index in [1.807, 2.05) is 0 Å². The minimum atomic E-state index is -0.470. The third-order valence-electron chi connectivity index (χ3n) is 4.39. The Morgan fingerprint density at radius 3 is 2.39 bits per heavy atom. The van der Waals surface area contributed by atoms with E-state index in [1.165, 1.54) is 24.1 Å². The first-order valence-corrected chi connectivity index (χ1v) is 10.2. The highest BCUT2D eigenvalue weighted by Gasteiger charge is 2.16. The molecule has 0 unspecified atom stereocenters. The van der Waals surface area contributed by atoms with E-state index in [1.54, 1.807) is 45.5 Å². The molecule has 0 bridgehead atoms. The second kappa shape index (κ2) is 10.2. The second-order valence-electron chi connectivity index (χ2n) is 6.48. The molecule has 1 heterocycles. The van der Waals surface area contributed by atoms with Crippen molar-refractivity contribution >= 4 is 17.7 Å². The van der Waals surface area contributed by atoms with E-state index in [9.17, 15) is 9.18 Å². The van der Waals surface area contributed by atoms with Crippen molar-refractivity contribution in [3.8, 4) is 28.7 Å². The molecular formula is C21H22FN3O5S. The molecule has 0 aliphatic rings. The van der Waals surface area contributed by atoms with Crippen LogP contribution in [0.4, 0.5) is 4.39 Å². The van der Waals surface area contributed by atoms with Crippen LogP contribution in [0.3, 0.4) is 0 Å². The fourth-order valence-electron chi connectivity index (χ4n) is 2.72. The van der Waals surface area contributed by atoms with Gasteiger partial charge >= 0.3 is 0 Å². The quantitative estimate of drug-likeness (QED) is 0.460. The van der Waals surface area contributed by atoms with E-state index < -0.39 is 5.82 Å². The number of methoxy groups -OCH3 is 3. The zero-order valence-corrected chi connectivity index (χ0v) is 18.4. The Morgan fingerprint density at radius 2 is 1.77 bits per heavy atom. The molecule has 2 aromatic carbocycles. The van der Waals surface area contributed by atoms with Gasteiger partial charge < -0.3 is 23.5 Å². The summed E-state index contributed by atoms with van der Waals surface area (Å²) in [6, 6.07) is 9.83. The van der Waals surface area contributed by atoms with Gasteiger partial charge in [0.15, 0.2) is 11.6 Å². The van der Waals surface area contributed by atoms with Crippen LogP contribution >= 0.6 is 11.8 Å². The molecule has 3 aromatic rings. The molecular weight excluding hydrogens is 425 g/mol. The van der Waals surface area contributed by atoms with Gasteiger partial charge in [0.2, 0.25) is 11.8 Å². The molecule has 164 valence electrons. The molecule has 31 heavy (non-hydrogen) atoms. The zero-order chi connectivity index (χ0) is 22.4. The Morgan fingerprint density at radius 1 is 1.06 bits per heavy atom. The largest absolute Gasteiger partial charge is 0.497 e. The standard InChI is InChI=1S/C21H22FN3O5S/c1-25(11-13-5-6-18(29-4)17(22)7-13)19(26)12-31-21-24-23-20(30-21)14-8-15(27-2)10-16(9-14)28-3/h5-10H,11-12H2,1-4H3. The van der Waals surface area contributed by atoms with Gasteiger partial charge in [-0.25, -0.2) is 4.39 Å². The van der Waals surface area contributed by atoms with E-state index in [0.29, 0.717) is 22.6 Å². The molecule has 0 saturated heterocycles. The molecule has 0 atom stereocenters. The monoisotopic (exact) mass is 447 g/mol. The smallest absolute Gasteiger partial charge is 0.277 e. The number of hydrogen-bond donors (Lipinski definition) is 0. The van der Waals surface area contributed by atoms with Crippen LogP contribution in [0.25, 0.3) is 11.5 Å². The summed E-state index contributed by atoms with van der Waals surface area (Å²) in [6.45, 7) is 0.263. The van der Waals surface area contributed by atoms with E-state index >= 15 is 0 Å². The van der Waals surface area contributed by atoms with Gasteiger partial charge in [0, 0.05) is 25.2 Å². The molecule has 0 spiro atoms. The minimum Gasteiger partial charge on any atom is -0.497 e. The Bertz CT molecular complexity index is 1040. The summed E-state index contributed by atoms with van der Waals surface area (Å²) in [4.78, 5) is 13.9. The molecule has 0 fully saturated rings. The highest BCUT2D eigenvalue weighted by atomic mass is 32.2. The number of nitrogens with zero attached hydrogens (tertiary/aromatic N) is 3. The van der Waals surface area contributed by atoms with Gasteiger partial charge in [-0.05, 0) is 29.8 Å². The third-order valence-corrected chi connectivity index (χ3v) is 5.19. The van der Waals surface area contributed by atoms with E-state index in [4.69, 9.17) is 18.6 Å². The van der Waals surface area contributed by atoms with Crippen LogP contribution in [0.15, 0.2) is 46.0 Å². The van der Waals surface area contributed by atoms with Crippen LogP contribution in [0, 0.1) is 5.82 Å². The van der Waals surface area contributed by atoms with Crippen molar-refractivity contribution in [1.82, 2.24) is 15.1 Å². The average Bonchev–Trinajstić information content (AvgIpc) is 3.26. The topological polar surface area (TPSA) is 86.9 Å². The first-order chi connectivity index (χ1) is 14.9. The van der Waals surface area contributed by atoms with Crippen LogP contribution < -0.4 is 14.2 Å². The molecule has 1 amide bonds. The SMILES string of the molecule is COc1cc(OC)cc(-c2nnc(SCC(=O)N(C)Cc3ccc(OC)c(F)c3)o2)c1. The zero-order valence-electron chi connectivity index (χ0n) is 17.5. The molecule has 3 rings (SSSR count). The van der Waals surface area contributed by atoms with Crippen molar-refractivity contribution < 1.29 is 27.8 Å². The lowest BCUT2D eigenvalue weighted by atomic mass is 10.2. The summed E-state index contributed by atoms with van der Waals surface area (Å²) in [5, 5.41) is 8.27. The Kier molecular flexibility index (Phi) is 7.35. The number of benzene rings is 2. The Hall–Kier alpha value is -3.27. The lowest BCUT2D eigenvalue weighted by Crippen LogP contribution is -2.27. The maximum atomic E-state index is 13.8. The van der Waals surface area contributed by atoms with Crippen LogP contribution in [-0.4, -0.2) is 55.1 Å². The van der Waals surface area contributed by atoms with Crippen molar-refractivity contribution in [3.05, 3.63) is 47.8 Å². The number of aromatic nitrogens is 2. The number of amides is 1. The number of halogens is 1. The van der Waals surface area contributed by atoms with Gasteiger partial charge in [0.25, 0.3) is 5.22 Å². The van der Waals surface area contributed by atoms with E-state index in [-0.39, 0.29) is 35.1 Å². The van der Waals surface area contributed by atoms with Crippen molar-refractivity contribution in [2.75, 3.05) is 34.1 Å². The molecule has 0 aliphatic carbocycles. The lowest BCUT2D eigenvalue weighted by molar-refractivity contribution is -0.127. The lowest BCUT2D eigenvalue weighted by Gasteiger charge is -2.17. The maximum Gasteiger partial charge on any atom is 0.277 e. The van der Waals surface area contributed by atoms with Crippen LogP contribution in [0.2, 0.25) is 0 Å². The normalized spacial score (nSPS) is 10.6. The highest BCUT2D eigenvalue weighted by Crippen LogP contribution is 2.30. The average molecular weight is 447 g/mol. The molecule has 0 radical (unpaired) electrons. The number of thioether (sulfide) groups is 1. The summed E-state index contributed by atoms with van der Waals surface area (Å²) in [6.07, 6.45) is 0. The van der Waals surface area contributed by atoms with Crippen LogP contribution in [-0.2, 0) is 11.3 Å². The third kappa shape index (κ3) is 5.66. The van der Waals surface area contributed by atoms with Crippen molar-refractivity contribution in [1.29, 1.82) is 0 Å². The molecule has 0 N–H and O–H groups in total. The van der Waals surface area contributed by atoms with Crippen molar-refractivity contribution in [2.45, 2.75) is 11.8 Å². The number of hydrogen-bond acceptors (Lipinski definition) is 8. The predicted molar refractivity (Wildman–Crippen MR) is 113 cm³/mol. The van der Waals surface area contributed by atoms with Gasteiger partial charge in [-0.3, -0.25) is 4.79 Å². The Balaban J connectivity index is 1.60. The molecule has 1 aromatic heterocycles. The van der Waals surface area contributed by atoms with Gasteiger partial charge in [-0.1, -0.05) is 17.8 Å². The number of carbonyl (C=O) groups is 1. The molecule has 0 saturated carbocycles. The summed E-state index contributed by atoms with van der Waals surface area (Å²) < 4.78 is 34.9. The van der Waals surface area contributed by atoms with Gasteiger partial charge in [-0.2, -0.15) is 0 Å². The van der Waals surface area contributed by atoms with Gasteiger partial charge in [0.05, 0.1) is 27.1 Å². The van der Waals surface area contributed by atoms with Gasteiger partial charge in [-0.15, -0.1) is 10.2 Å². The fourth-order valence-corrected chi connectivity index (χ4v) is 3.42. The highest BCUT2D eigenvalue weighted by molar-refractivity contribution is 7.99. The minimum absolute atomic E-state index is 0.0954. The summed E-state index contributed by atoms with van der Waals surface area (Å²) in [5.41, 5.74) is 1.30. The fraction of sp³-hybridized carbons (Fsp3) is 0.286. The van der Waals surface area contributed by atoms with Crippen LogP contribution in [0.1, 0.15) is 5.56 Å². The summed E-state index contributed by atoms with van der Waals surface area (Å²) >= 11 is 1.12. The number of rotatable bonds is 9. The predicted octanol–water partition coefficient (Wildman–Crippen LogP) is 3.65. The molecule has 8 nitrogen and oxygen atoms in total. The Labute approximate surface area is 183 Å². The van der Waals surface area contributed by atoms with Gasteiger partial charge in [0.1, 0.15) is 11.5 Å². The van der Waals surface area contributed by atoms with Crippen molar-refractivity contribution in [2.24, 2.45) is 0 Å². The van der Waals surface area contributed by atoms with E-state index in [2.05, 4.69) is 10.2 Å². The molecule has 0 aliphatic heterocycles. The number of ether oxygens (including phenoxy) is 3. The molecule has 10 heteroatoms. The van der Waals surface area contributed by atoms with E-state index in [0.717, 1.165) is 11.8 Å². The maximum absolute atomic E-state index is 13.8. The summed E-state index contributed by atoms with van der Waals surface area (Å²) in [7, 11) is 6.15. The first kappa shape index (κ1) is 22.4.